The van der Waals surface area contributed by atoms with Crippen molar-refractivity contribution in [3.8, 4) is 0 Å². The van der Waals surface area contributed by atoms with Crippen LogP contribution in [0.15, 0.2) is 0 Å². The molecule has 2 amide bonds. The van der Waals surface area contributed by atoms with Gasteiger partial charge in [-0.05, 0) is 32.1 Å². The highest BCUT2D eigenvalue weighted by molar-refractivity contribution is 5.85. The second kappa shape index (κ2) is 7.20. The van der Waals surface area contributed by atoms with Crippen LogP contribution < -0.4 is 10.9 Å². The zero-order valence-electron chi connectivity index (χ0n) is 12.0. The van der Waals surface area contributed by atoms with E-state index < -0.39 is 42.0 Å². The molecule has 2 saturated carbocycles. The van der Waals surface area contributed by atoms with Crippen LogP contribution in [-0.4, -0.2) is 45.4 Å². The summed E-state index contributed by atoms with van der Waals surface area (Å²) in [5, 5.41) is 29.1. The number of hydrazine groups is 1. The molecule has 0 aromatic carbocycles. The molecule has 0 spiro atoms. The maximum atomic E-state index is 12.0. The van der Waals surface area contributed by atoms with Crippen LogP contribution in [0.3, 0.4) is 0 Å². The Morgan fingerprint density at radius 1 is 0.714 bits per heavy atom. The van der Waals surface area contributed by atoms with Crippen LogP contribution in [0.5, 0.6) is 0 Å². The fraction of sp³-hybridized carbons (Fsp3) is 0.857. The fourth-order valence-corrected chi connectivity index (χ4v) is 3.17. The highest BCUT2D eigenvalue weighted by Gasteiger charge is 2.36. The molecule has 21 heavy (non-hydrogen) atoms. The maximum absolute atomic E-state index is 12.0. The van der Waals surface area contributed by atoms with Crippen molar-refractivity contribution in [1.82, 2.24) is 10.9 Å². The van der Waals surface area contributed by atoms with E-state index in [2.05, 4.69) is 10.9 Å². The van der Waals surface area contributed by atoms with E-state index >= 15 is 0 Å². The molecule has 0 aromatic heterocycles. The lowest BCUT2D eigenvalue weighted by Crippen LogP contribution is -2.53. The zero-order valence-corrected chi connectivity index (χ0v) is 12.0. The summed E-state index contributed by atoms with van der Waals surface area (Å²) in [6, 6.07) is 0. The van der Waals surface area contributed by atoms with Crippen molar-refractivity contribution < 1.29 is 24.9 Å². The van der Waals surface area contributed by atoms with E-state index in [0.29, 0.717) is 32.1 Å². The topological polar surface area (TPSA) is 119 Å². The highest BCUT2D eigenvalue weighted by atomic mass is 16.3. The second-order valence-electron chi connectivity index (χ2n) is 6.03. The lowest BCUT2D eigenvalue weighted by Gasteiger charge is -2.31. The quantitative estimate of drug-likeness (QED) is 0.428. The van der Waals surface area contributed by atoms with Crippen LogP contribution in [0.25, 0.3) is 0 Å². The number of amides is 2. The van der Waals surface area contributed by atoms with E-state index in [9.17, 15) is 24.9 Å². The molecule has 0 bridgehead atoms. The van der Waals surface area contributed by atoms with Gasteiger partial charge in [-0.15, -0.1) is 0 Å². The molecule has 0 saturated heterocycles. The Bertz CT molecular complexity index is 390. The van der Waals surface area contributed by atoms with Gasteiger partial charge >= 0.3 is 0 Å². The standard InChI is InChI=1S/C14H24N2O5/c17-10-6-2-1-4-8(10)13(20)15-16-14(21)9-5-3-7-11(18)12(9)19/h8-12,17-19H,1-7H2,(H,15,20)(H,16,21). The van der Waals surface area contributed by atoms with Crippen LogP contribution in [0.1, 0.15) is 44.9 Å². The molecule has 0 heterocycles. The minimum absolute atomic E-state index is 0.401. The summed E-state index contributed by atoms with van der Waals surface area (Å²) in [5.41, 5.74) is 4.62. The molecular weight excluding hydrogens is 276 g/mol. The predicted octanol–water partition coefficient (Wildman–Crippen LogP) is -0.793. The summed E-state index contributed by atoms with van der Waals surface area (Å²) >= 11 is 0. The van der Waals surface area contributed by atoms with E-state index in [0.717, 1.165) is 12.8 Å². The third-order valence-corrected chi connectivity index (χ3v) is 4.53. The molecular formula is C14H24N2O5. The normalized spacial score (nSPS) is 36.8. The summed E-state index contributed by atoms with van der Waals surface area (Å²) in [4.78, 5) is 23.9. The van der Waals surface area contributed by atoms with Crippen molar-refractivity contribution in [3.05, 3.63) is 0 Å². The van der Waals surface area contributed by atoms with Crippen molar-refractivity contribution >= 4 is 11.8 Å². The fourth-order valence-electron chi connectivity index (χ4n) is 3.17. The average molecular weight is 300 g/mol. The Labute approximate surface area is 123 Å². The van der Waals surface area contributed by atoms with Gasteiger partial charge in [-0.2, -0.15) is 0 Å². The molecule has 2 rings (SSSR count). The van der Waals surface area contributed by atoms with Gasteiger partial charge in [-0.1, -0.05) is 12.8 Å². The highest BCUT2D eigenvalue weighted by Crippen LogP contribution is 2.25. The molecule has 5 N–H and O–H groups in total. The molecule has 5 unspecified atom stereocenters. The Morgan fingerprint density at radius 3 is 1.90 bits per heavy atom. The third kappa shape index (κ3) is 3.93. The number of hydrogen-bond donors (Lipinski definition) is 5. The smallest absolute Gasteiger partial charge is 0.244 e. The van der Waals surface area contributed by atoms with Crippen molar-refractivity contribution in [2.45, 2.75) is 63.3 Å². The number of aliphatic hydroxyl groups excluding tert-OH is 3. The van der Waals surface area contributed by atoms with Gasteiger partial charge in [0.2, 0.25) is 11.8 Å². The molecule has 0 radical (unpaired) electrons. The molecule has 2 fully saturated rings. The van der Waals surface area contributed by atoms with E-state index in [1.165, 1.54) is 0 Å². The first-order valence-corrected chi connectivity index (χ1v) is 7.64. The number of carbonyl (C=O) groups is 2. The van der Waals surface area contributed by atoms with E-state index in [-0.39, 0.29) is 0 Å². The van der Waals surface area contributed by atoms with Gasteiger partial charge in [0.15, 0.2) is 0 Å². The van der Waals surface area contributed by atoms with Gasteiger partial charge in [0.05, 0.1) is 30.1 Å². The van der Waals surface area contributed by atoms with Crippen molar-refractivity contribution in [2.24, 2.45) is 11.8 Å². The van der Waals surface area contributed by atoms with E-state index in [1.807, 2.05) is 0 Å². The summed E-state index contributed by atoms with van der Waals surface area (Å²) in [5.74, 6) is -2.12. The van der Waals surface area contributed by atoms with Gasteiger partial charge in [-0.3, -0.25) is 20.4 Å². The maximum Gasteiger partial charge on any atom is 0.244 e. The number of nitrogens with one attached hydrogen (secondary N) is 2. The summed E-state index contributed by atoms with van der Waals surface area (Å²) in [6.07, 6.45) is 1.94. The molecule has 7 heteroatoms. The molecule has 0 aliphatic heterocycles. The second-order valence-corrected chi connectivity index (χ2v) is 6.03. The molecule has 2 aliphatic rings. The van der Waals surface area contributed by atoms with Gasteiger partial charge in [0.1, 0.15) is 0 Å². The molecule has 5 atom stereocenters. The predicted molar refractivity (Wildman–Crippen MR) is 73.6 cm³/mol. The van der Waals surface area contributed by atoms with Crippen LogP contribution in [0.4, 0.5) is 0 Å². The average Bonchev–Trinajstić information content (AvgIpc) is 2.47. The Hall–Kier alpha value is -1.18. The SMILES string of the molecule is O=C(NNC(=O)C1CCCC(O)C1O)C1CCCCC1O. The van der Waals surface area contributed by atoms with Crippen LogP contribution >= 0.6 is 0 Å². The monoisotopic (exact) mass is 300 g/mol. The first-order chi connectivity index (χ1) is 10.0. The molecule has 120 valence electrons. The lowest BCUT2D eigenvalue weighted by molar-refractivity contribution is -0.141. The lowest BCUT2D eigenvalue weighted by atomic mass is 9.84. The third-order valence-electron chi connectivity index (χ3n) is 4.53. The van der Waals surface area contributed by atoms with E-state index in [4.69, 9.17) is 0 Å². The molecule has 2 aliphatic carbocycles. The van der Waals surface area contributed by atoms with Gasteiger partial charge in [0, 0.05) is 0 Å². The number of aliphatic hydroxyl groups is 3. The van der Waals surface area contributed by atoms with Crippen LogP contribution in [-0.2, 0) is 9.59 Å². The van der Waals surface area contributed by atoms with Crippen molar-refractivity contribution in [1.29, 1.82) is 0 Å². The Kier molecular flexibility index (Phi) is 5.55. The first kappa shape index (κ1) is 16.2. The van der Waals surface area contributed by atoms with E-state index in [1.54, 1.807) is 0 Å². The number of carbonyl (C=O) groups excluding carboxylic acids is 2. The van der Waals surface area contributed by atoms with Crippen molar-refractivity contribution in [3.63, 3.8) is 0 Å². The van der Waals surface area contributed by atoms with Crippen LogP contribution in [0.2, 0.25) is 0 Å². The zero-order chi connectivity index (χ0) is 15.4. The van der Waals surface area contributed by atoms with Crippen LogP contribution in [0, 0.1) is 11.8 Å². The summed E-state index contributed by atoms with van der Waals surface area (Å²) < 4.78 is 0. The number of rotatable bonds is 2. The van der Waals surface area contributed by atoms with Gasteiger partial charge in [-0.25, -0.2) is 0 Å². The summed E-state index contributed by atoms with van der Waals surface area (Å²) in [6.45, 7) is 0. The first-order valence-electron chi connectivity index (χ1n) is 7.64. The van der Waals surface area contributed by atoms with Gasteiger partial charge in [0.25, 0.3) is 0 Å². The Morgan fingerprint density at radius 2 is 1.24 bits per heavy atom. The van der Waals surface area contributed by atoms with Crippen molar-refractivity contribution in [2.75, 3.05) is 0 Å². The largest absolute Gasteiger partial charge is 0.392 e. The molecule has 0 aromatic rings. The number of hydrogen-bond acceptors (Lipinski definition) is 5. The summed E-state index contributed by atoms with van der Waals surface area (Å²) in [7, 11) is 0. The minimum atomic E-state index is -1.10. The Balaban J connectivity index is 1.81. The minimum Gasteiger partial charge on any atom is -0.392 e. The molecule has 7 nitrogen and oxygen atoms in total. The van der Waals surface area contributed by atoms with Gasteiger partial charge < -0.3 is 15.3 Å².